The average Bonchev–Trinajstić information content (AvgIpc) is 2.21. The van der Waals surface area contributed by atoms with Crippen molar-refractivity contribution in [1.82, 2.24) is 10.2 Å². The van der Waals surface area contributed by atoms with Gasteiger partial charge < -0.3 is 15.3 Å². The molecular formula is C11H24N2O. The second-order valence-corrected chi connectivity index (χ2v) is 4.32. The van der Waals surface area contributed by atoms with E-state index in [0.29, 0.717) is 6.61 Å². The topological polar surface area (TPSA) is 35.5 Å². The van der Waals surface area contributed by atoms with Crippen molar-refractivity contribution in [1.29, 1.82) is 0 Å². The zero-order valence-electron chi connectivity index (χ0n) is 9.34. The Morgan fingerprint density at radius 3 is 2.57 bits per heavy atom. The van der Waals surface area contributed by atoms with Gasteiger partial charge in [-0.3, -0.25) is 0 Å². The van der Waals surface area contributed by atoms with Crippen molar-refractivity contribution in [3.63, 3.8) is 0 Å². The van der Waals surface area contributed by atoms with Crippen LogP contribution in [0.25, 0.3) is 0 Å². The average molecular weight is 200 g/mol. The first kappa shape index (κ1) is 12.0. The monoisotopic (exact) mass is 200 g/mol. The second kappa shape index (κ2) is 7.21. The summed E-state index contributed by atoms with van der Waals surface area (Å²) in [7, 11) is 2.19. The Balaban J connectivity index is 1.91. The Morgan fingerprint density at radius 1 is 1.21 bits per heavy atom. The Morgan fingerprint density at radius 2 is 1.93 bits per heavy atom. The molecule has 0 radical (unpaired) electrons. The van der Waals surface area contributed by atoms with Gasteiger partial charge in [-0.2, -0.15) is 0 Å². The molecule has 1 aliphatic rings. The highest BCUT2D eigenvalue weighted by atomic mass is 16.2. The molecule has 2 N–H and O–H groups in total. The molecule has 1 heterocycles. The molecule has 3 heteroatoms. The molecule has 0 saturated carbocycles. The molecule has 1 saturated heterocycles. The largest absolute Gasteiger partial charge is 0.396 e. The number of unbranched alkanes of at least 4 members (excludes halogenated alkanes) is 2. The van der Waals surface area contributed by atoms with Crippen LogP contribution in [0.4, 0.5) is 0 Å². The molecule has 0 atom stereocenters. The van der Waals surface area contributed by atoms with Crippen LogP contribution in [0, 0.1) is 0 Å². The van der Waals surface area contributed by atoms with E-state index < -0.39 is 0 Å². The third-order valence-electron chi connectivity index (χ3n) is 2.99. The lowest BCUT2D eigenvalue weighted by atomic mass is 10.1. The fourth-order valence-corrected chi connectivity index (χ4v) is 1.93. The maximum Gasteiger partial charge on any atom is 0.0431 e. The number of nitrogens with zero attached hydrogens (tertiary/aromatic N) is 1. The highest BCUT2D eigenvalue weighted by Gasteiger charge is 2.14. The molecule has 0 spiro atoms. The number of likely N-dealkylation sites (tertiary alicyclic amines) is 1. The highest BCUT2D eigenvalue weighted by Crippen LogP contribution is 2.08. The van der Waals surface area contributed by atoms with Gasteiger partial charge in [0.1, 0.15) is 0 Å². The van der Waals surface area contributed by atoms with E-state index in [1.54, 1.807) is 0 Å². The van der Waals surface area contributed by atoms with Crippen LogP contribution in [-0.4, -0.2) is 49.3 Å². The molecule has 0 aromatic rings. The van der Waals surface area contributed by atoms with Gasteiger partial charge in [0.2, 0.25) is 0 Å². The maximum absolute atomic E-state index is 8.62. The molecule has 1 rings (SSSR count). The summed E-state index contributed by atoms with van der Waals surface area (Å²) in [5, 5.41) is 12.2. The molecule has 0 aromatic heterocycles. The van der Waals surface area contributed by atoms with E-state index in [4.69, 9.17) is 5.11 Å². The van der Waals surface area contributed by atoms with E-state index >= 15 is 0 Å². The predicted octanol–water partition coefficient (Wildman–Crippen LogP) is 0.833. The van der Waals surface area contributed by atoms with E-state index in [0.717, 1.165) is 25.4 Å². The standard InChI is InChI=1S/C11H24N2O/c1-13-8-5-11(6-9-13)12-7-3-2-4-10-14/h11-12,14H,2-10H2,1H3. The molecule has 0 aliphatic carbocycles. The first-order chi connectivity index (χ1) is 6.83. The first-order valence-electron chi connectivity index (χ1n) is 5.85. The Labute approximate surface area is 87.5 Å². The molecule has 3 nitrogen and oxygen atoms in total. The van der Waals surface area contributed by atoms with E-state index in [1.807, 2.05) is 0 Å². The van der Waals surface area contributed by atoms with Gasteiger partial charge in [-0.15, -0.1) is 0 Å². The van der Waals surface area contributed by atoms with Crippen LogP contribution in [0.3, 0.4) is 0 Å². The number of aliphatic hydroxyl groups is 1. The fourth-order valence-electron chi connectivity index (χ4n) is 1.93. The molecule has 0 aromatic carbocycles. The molecule has 0 amide bonds. The van der Waals surface area contributed by atoms with Gasteiger partial charge in [0, 0.05) is 12.6 Å². The Kier molecular flexibility index (Phi) is 6.15. The van der Waals surface area contributed by atoms with Crippen LogP contribution in [0.15, 0.2) is 0 Å². The molecule has 1 aliphatic heterocycles. The molecule has 14 heavy (non-hydrogen) atoms. The zero-order valence-corrected chi connectivity index (χ0v) is 9.34. The van der Waals surface area contributed by atoms with Gasteiger partial charge in [-0.25, -0.2) is 0 Å². The number of nitrogens with one attached hydrogen (secondary N) is 1. The lowest BCUT2D eigenvalue weighted by Gasteiger charge is -2.29. The van der Waals surface area contributed by atoms with Crippen LogP contribution in [-0.2, 0) is 0 Å². The lowest BCUT2D eigenvalue weighted by Crippen LogP contribution is -2.41. The molecular weight excluding hydrogens is 176 g/mol. The number of hydrogen-bond acceptors (Lipinski definition) is 3. The SMILES string of the molecule is CN1CCC(NCCCCCO)CC1. The van der Waals surface area contributed by atoms with Crippen molar-refractivity contribution in [2.24, 2.45) is 0 Å². The van der Waals surface area contributed by atoms with Gasteiger partial charge >= 0.3 is 0 Å². The zero-order chi connectivity index (χ0) is 10.2. The maximum atomic E-state index is 8.62. The van der Waals surface area contributed by atoms with Crippen LogP contribution in [0.5, 0.6) is 0 Å². The van der Waals surface area contributed by atoms with Crippen LogP contribution >= 0.6 is 0 Å². The Bertz CT molecular complexity index is 133. The number of rotatable bonds is 6. The van der Waals surface area contributed by atoms with Crippen molar-refractivity contribution >= 4 is 0 Å². The van der Waals surface area contributed by atoms with Crippen molar-refractivity contribution in [3.8, 4) is 0 Å². The third-order valence-corrected chi connectivity index (χ3v) is 2.99. The number of aliphatic hydroxyl groups excluding tert-OH is 1. The smallest absolute Gasteiger partial charge is 0.0431 e. The van der Waals surface area contributed by atoms with Gasteiger partial charge in [-0.1, -0.05) is 0 Å². The highest BCUT2D eigenvalue weighted by molar-refractivity contribution is 4.75. The number of piperidine rings is 1. The van der Waals surface area contributed by atoms with E-state index in [-0.39, 0.29) is 0 Å². The molecule has 0 unspecified atom stereocenters. The molecule has 84 valence electrons. The quantitative estimate of drug-likeness (QED) is 0.624. The minimum Gasteiger partial charge on any atom is -0.396 e. The van der Waals surface area contributed by atoms with Gasteiger partial charge in [-0.05, 0) is 58.8 Å². The van der Waals surface area contributed by atoms with Crippen molar-refractivity contribution in [2.45, 2.75) is 38.1 Å². The van der Waals surface area contributed by atoms with Crippen LogP contribution < -0.4 is 5.32 Å². The summed E-state index contributed by atoms with van der Waals surface area (Å²) in [6.45, 7) is 3.92. The molecule has 1 fully saturated rings. The van der Waals surface area contributed by atoms with Gasteiger partial charge in [0.15, 0.2) is 0 Å². The second-order valence-electron chi connectivity index (χ2n) is 4.32. The summed E-state index contributed by atoms with van der Waals surface area (Å²) in [5.74, 6) is 0. The summed E-state index contributed by atoms with van der Waals surface area (Å²) in [5.41, 5.74) is 0. The third kappa shape index (κ3) is 4.94. The van der Waals surface area contributed by atoms with Crippen molar-refractivity contribution in [3.05, 3.63) is 0 Å². The Hall–Kier alpha value is -0.120. The molecule has 0 bridgehead atoms. The minimum absolute atomic E-state index is 0.341. The van der Waals surface area contributed by atoms with Gasteiger partial charge in [0.05, 0.1) is 0 Å². The summed E-state index contributed by atoms with van der Waals surface area (Å²) in [4.78, 5) is 2.39. The summed E-state index contributed by atoms with van der Waals surface area (Å²) in [6.07, 6.45) is 5.88. The summed E-state index contributed by atoms with van der Waals surface area (Å²) < 4.78 is 0. The minimum atomic E-state index is 0.341. The lowest BCUT2D eigenvalue weighted by molar-refractivity contribution is 0.233. The van der Waals surface area contributed by atoms with E-state index in [1.165, 1.54) is 32.4 Å². The fraction of sp³-hybridized carbons (Fsp3) is 1.00. The van der Waals surface area contributed by atoms with Gasteiger partial charge in [0.25, 0.3) is 0 Å². The van der Waals surface area contributed by atoms with E-state index in [2.05, 4.69) is 17.3 Å². The predicted molar refractivity (Wildman–Crippen MR) is 59.5 cm³/mol. The van der Waals surface area contributed by atoms with E-state index in [9.17, 15) is 0 Å². The van der Waals surface area contributed by atoms with Crippen molar-refractivity contribution in [2.75, 3.05) is 33.3 Å². The van der Waals surface area contributed by atoms with Crippen LogP contribution in [0.1, 0.15) is 32.1 Å². The van der Waals surface area contributed by atoms with Crippen molar-refractivity contribution < 1.29 is 5.11 Å². The normalized spacial score (nSPS) is 20.1. The number of hydrogen-bond donors (Lipinski definition) is 2. The summed E-state index contributed by atoms with van der Waals surface area (Å²) in [6, 6.07) is 0.736. The van der Waals surface area contributed by atoms with Crippen LogP contribution in [0.2, 0.25) is 0 Å². The summed E-state index contributed by atoms with van der Waals surface area (Å²) >= 11 is 0. The first-order valence-corrected chi connectivity index (χ1v) is 5.85.